The van der Waals surface area contributed by atoms with Gasteiger partial charge in [0.05, 0.1) is 13.2 Å². The van der Waals surface area contributed by atoms with Crippen LogP contribution < -0.4 is 10.2 Å². The molecule has 1 N–H and O–H groups in total. The van der Waals surface area contributed by atoms with Gasteiger partial charge in [-0.2, -0.15) is 0 Å². The molecule has 33 heavy (non-hydrogen) atoms. The summed E-state index contributed by atoms with van der Waals surface area (Å²) < 4.78 is 5.52. The molecule has 0 aromatic heterocycles. The molecule has 0 saturated carbocycles. The maximum Gasteiger partial charge on any atom is 0.173 e. The van der Waals surface area contributed by atoms with E-state index in [4.69, 9.17) is 17.0 Å². The molecule has 0 amide bonds. The van der Waals surface area contributed by atoms with E-state index >= 15 is 0 Å². The minimum absolute atomic E-state index is 0.795. The van der Waals surface area contributed by atoms with Gasteiger partial charge in [-0.25, -0.2) is 0 Å². The lowest BCUT2D eigenvalue weighted by molar-refractivity contribution is 0.0358. The molecular weight excluding hydrogens is 428 g/mol. The zero-order valence-electron chi connectivity index (χ0n) is 20.4. The zero-order chi connectivity index (χ0) is 23.2. The predicted molar refractivity (Wildman–Crippen MR) is 142 cm³/mol. The van der Waals surface area contributed by atoms with Gasteiger partial charge in [-0.05, 0) is 74.7 Å². The standard InChI is InChI=1S/C27H38N4OS/c1-4-30-11-5-6-24-19-23(8-10-26(24)30)20-31(13-12-29-14-16-32-17-15-29)27(33)28-25-9-7-21(2)18-22(25)3/h7-10,18-19H,4-6,11-17,20H2,1-3H3,(H,28,33). The Bertz CT molecular complexity index is 957. The largest absolute Gasteiger partial charge is 0.379 e. The number of hydrogen-bond acceptors (Lipinski definition) is 4. The molecule has 178 valence electrons. The van der Waals surface area contributed by atoms with Crippen LogP contribution in [-0.4, -0.2) is 67.4 Å². The first-order valence-electron chi connectivity index (χ1n) is 12.3. The van der Waals surface area contributed by atoms with Crippen LogP contribution in [0.25, 0.3) is 0 Å². The molecule has 0 radical (unpaired) electrons. The molecule has 0 aliphatic carbocycles. The predicted octanol–water partition coefficient (Wildman–Crippen LogP) is 4.61. The van der Waals surface area contributed by atoms with Gasteiger partial charge in [0.1, 0.15) is 0 Å². The maximum absolute atomic E-state index is 5.94. The highest BCUT2D eigenvalue weighted by molar-refractivity contribution is 7.80. The van der Waals surface area contributed by atoms with Gasteiger partial charge in [0.15, 0.2) is 5.11 Å². The van der Waals surface area contributed by atoms with Crippen molar-refractivity contribution in [2.45, 2.75) is 40.2 Å². The van der Waals surface area contributed by atoms with Crippen LogP contribution in [0, 0.1) is 13.8 Å². The molecule has 2 aliphatic heterocycles. The highest BCUT2D eigenvalue weighted by atomic mass is 32.1. The fraction of sp³-hybridized carbons (Fsp3) is 0.519. The molecule has 2 heterocycles. The third kappa shape index (κ3) is 6.25. The molecule has 1 fully saturated rings. The van der Waals surface area contributed by atoms with Crippen LogP contribution in [0.1, 0.15) is 35.6 Å². The van der Waals surface area contributed by atoms with Crippen LogP contribution in [0.5, 0.6) is 0 Å². The number of ether oxygens (including phenoxy) is 1. The number of benzene rings is 2. The summed E-state index contributed by atoms with van der Waals surface area (Å²) in [7, 11) is 0. The fourth-order valence-corrected chi connectivity index (χ4v) is 5.13. The molecule has 0 atom stereocenters. The molecule has 2 aliphatic rings. The van der Waals surface area contributed by atoms with Gasteiger partial charge < -0.3 is 19.9 Å². The van der Waals surface area contributed by atoms with Gasteiger partial charge in [0.2, 0.25) is 0 Å². The van der Waals surface area contributed by atoms with E-state index in [9.17, 15) is 0 Å². The smallest absolute Gasteiger partial charge is 0.173 e. The van der Waals surface area contributed by atoms with Crippen LogP contribution in [0.4, 0.5) is 11.4 Å². The molecular formula is C27H38N4OS. The minimum Gasteiger partial charge on any atom is -0.379 e. The van der Waals surface area contributed by atoms with Crippen molar-refractivity contribution in [2.75, 3.05) is 62.7 Å². The third-order valence-corrected chi connectivity index (χ3v) is 7.17. The summed E-state index contributed by atoms with van der Waals surface area (Å²) >= 11 is 5.94. The van der Waals surface area contributed by atoms with Crippen LogP contribution in [0.15, 0.2) is 36.4 Å². The van der Waals surface area contributed by atoms with Gasteiger partial charge >= 0.3 is 0 Å². The van der Waals surface area contributed by atoms with Gasteiger partial charge in [0, 0.05) is 57.2 Å². The number of thiocarbonyl (C=S) groups is 1. The lowest BCUT2D eigenvalue weighted by atomic mass is 9.99. The third-order valence-electron chi connectivity index (χ3n) is 6.81. The van der Waals surface area contributed by atoms with Crippen LogP contribution >= 0.6 is 12.2 Å². The van der Waals surface area contributed by atoms with Gasteiger partial charge in [-0.15, -0.1) is 0 Å². The Kier molecular flexibility index (Phi) is 8.23. The number of morpholine rings is 1. The molecule has 2 aromatic carbocycles. The maximum atomic E-state index is 5.94. The Labute approximate surface area is 204 Å². The summed E-state index contributed by atoms with van der Waals surface area (Å²) in [6.07, 6.45) is 2.40. The van der Waals surface area contributed by atoms with E-state index in [1.54, 1.807) is 0 Å². The fourth-order valence-electron chi connectivity index (χ4n) is 4.86. The number of fused-ring (bicyclic) bond motifs is 1. The topological polar surface area (TPSA) is 31.0 Å². The van der Waals surface area contributed by atoms with E-state index < -0.39 is 0 Å². The van der Waals surface area contributed by atoms with E-state index in [0.717, 1.165) is 63.3 Å². The number of nitrogens with zero attached hydrogens (tertiary/aromatic N) is 3. The summed E-state index contributed by atoms with van der Waals surface area (Å²) in [5.41, 5.74) is 7.79. The number of rotatable bonds is 7. The summed E-state index contributed by atoms with van der Waals surface area (Å²) in [6.45, 7) is 15.1. The Morgan fingerprint density at radius 3 is 2.67 bits per heavy atom. The summed E-state index contributed by atoms with van der Waals surface area (Å²) in [5.74, 6) is 0. The van der Waals surface area contributed by atoms with Gasteiger partial charge in [-0.1, -0.05) is 29.8 Å². The number of nitrogens with one attached hydrogen (secondary N) is 1. The SMILES string of the molecule is CCN1CCCc2cc(CN(CCN3CCOCC3)C(=S)Nc3ccc(C)cc3C)ccc21. The molecule has 2 aromatic rings. The van der Waals surface area contributed by atoms with Crippen molar-refractivity contribution in [1.29, 1.82) is 0 Å². The van der Waals surface area contributed by atoms with Gasteiger partial charge in [0.25, 0.3) is 0 Å². The molecule has 0 bridgehead atoms. The number of aryl methyl sites for hydroxylation is 3. The van der Waals surface area contributed by atoms with Gasteiger partial charge in [-0.3, -0.25) is 4.90 Å². The molecule has 0 spiro atoms. The zero-order valence-corrected chi connectivity index (χ0v) is 21.2. The Balaban J connectivity index is 1.49. The second-order valence-electron chi connectivity index (χ2n) is 9.27. The second-order valence-corrected chi connectivity index (χ2v) is 9.66. The Morgan fingerprint density at radius 2 is 1.91 bits per heavy atom. The second kappa shape index (κ2) is 11.3. The number of hydrogen-bond donors (Lipinski definition) is 1. The first kappa shape index (κ1) is 24.0. The summed E-state index contributed by atoms with van der Waals surface area (Å²) in [6, 6.07) is 13.5. The monoisotopic (exact) mass is 466 g/mol. The highest BCUT2D eigenvalue weighted by Crippen LogP contribution is 2.28. The van der Waals surface area contributed by atoms with Crippen molar-refractivity contribution in [1.82, 2.24) is 9.80 Å². The van der Waals surface area contributed by atoms with E-state index in [-0.39, 0.29) is 0 Å². The number of anilines is 2. The lowest BCUT2D eigenvalue weighted by Crippen LogP contribution is -2.44. The van der Waals surface area contributed by atoms with Crippen molar-refractivity contribution >= 4 is 28.7 Å². The Hall–Kier alpha value is -2.15. The molecule has 4 rings (SSSR count). The molecule has 0 unspecified atom stereocenters. The van der Waals surface area contributed by atoms with E-state index in [0.29, 0.717) is 0 Å². The minimum atomic E-state index is 0.795. The average molecular weight is 467 g/mol. The van der Waals surface area contributed by atoms with Crippen LogP contribution in [-0.2, 0) is 17.7 Å². The van der Waals surface area contributed by atoms with Crippen molar-refractivity contribution in [3.63, 3.8) is 0 Å². The highest BCUT2D eigenvalue weighted by Gasteiger charge is 2.19. The molecule has 6 heteroatoms. The van der Waals surface area contributed by atoms with E-state index in [1.807, 2.05) is 0 Å². The van der Waals surface area contributed by atoms with E-state index in [1.165, 1.54) is 47.3 Å². The van der Waals surface area contributed by atoms with Crippen LogP contribution in [0.2, 0.25) is 0 Å². The van der Waals surface area contributed by atoms with E-state index in [2.05, 4.69) is 77.2 Å². The molecule has 5 nitrogen and oxygen atoms in total. The quantitative estimate of drug-likeness (QED) is 0.600. The first-order chi connectivity index (χ1) is 16.0. The Morgan fingerprint density at radius 1 is 1.09 bits per heavy atom. The normalized spacial score (nSPS) is 16.4. The van der Waals surface area contributed by atoms with Crippen molar-refractivity contribution < 1.29 is 4.74 Å². The van der Waals surface area contributed by atoms with Crippen molar-refractivity contribution in [2.24, 2.45) is 0 Å². The van der Waals surface area contributed by atoms with Crippen molar-refractivity contribution in [3.05, 3.63) is 58.7 Å². The first-order valence-corrected chi connectivity index (χ1v) is 12.7. The summed E-state index contributed by atoms with van der Waals surface area (Å²) in [5, 5.41) is 4.32. The molecule has 1 saturated heterocycles. The average Bonchev–Trinajstić information content (AvgIpc) is 2.83. The van der Waals surface area contributed by atoms with Crippen LogP contribution in [0.3, 0.4) is 0 Å². The van der Waals surface area contributed by atoms with Crippen molar-refractivity contribution in [3.8, 4) is 0 Å². The summed E-state index contributed by atoms with van der Waals surface area (Å²) in [4.78, 5) is 7.29. The lowest BCUT2D eigenvalue weighted by Gasteiger charge is -2.33.